The highest BCUT2D eigenvalue weighted by molar-refractivity contribution is 7.80. The summed E-state index contributed by atoms with van der Waals surface area (Å²) in [5.74, 6) is -0.211. The highest BCUT2D eigenvalue weighted by atomic mass is 35.6. The fraction of sp³-hybridized carbons (Fsp3) is 0.704. The molecule has 0 saturated carbocycles. The molecule has 1 aromatic carbocycles. The number of benzene rings is 1. The second-order valence-electron chi connectivity index (χ2n) is 9.44. The molecule has 0 heterocycles. The van der Waals surface area contributed by atoms with Crippen LogP contribution >= 0.6 is 70.2 Å². The summed E-state index contributed by atoms with van der Waals surface area (Å²) in [6, 6.07) is 5.06. The number of carbonyl (C=O) groups is 1. The number of thiocarbonyl (C=S) groups is 1. The van der Waals surface area contributed by atoms with E-state index in [4.69, 9.17) is 70.2 Å². The van der Waals surface area contributed by atoms with E-state index < -0.39 is 9.96 Å². The molecule has 1 aromatic rings. The number of hydrogen-bond acceptors (Lipinski definition) is 2. The van der Waals surface area contributed by atoms with Crippen molar-refractivity contribution in [3.8, 4) is 0 Å². The van der Waals surface area contributed by atoms with Gasteiger partial charge in [0.05, 0.1) is 15.7 Å². The molecule has 0 aliphatic heterocycles. The van der Waals surface area contributed by atoms with Crippen LogP contribution < -0.4 is 16.0 Å². The maximum Gasteiger partial charge on any atom is 0.228 e. The number of rotatable bonds is 19. The molecule has 1 amide bonds. The highest BCUT2D eigenvalue weighted by Crippen LogP contribution is 2.31. The van der Waals surface area contributed by atoms with Gasteiger partial charge in [-0.15, -0.1) is 0 Å². The van der Waals surface area contributed by atoms with Gasteiger partial charge in [0, 0.05) is 6.42 Å². The topological polar surface area (TPSA) is 53.2 Å². The Labute approximate surface area is 254 Å². The van der Waals surface area contributed by atoms with E-state index >= 15 is 0 Å². The van der Waals surface area contributed by atoms with Gasteiger partial charge < -0.3 is 16.0 Å². The van der Waals surface area contributed by atoms with Crippen LogP contribution in [0, 0.1) is 0 Å². The number of alkyl halides is 3. The Kier molecular flexibility index (Phi) is 19.5. The third kappa shape index (κ3) is 17.2. The minimum absolute atomic E-state index is 0.110. The molecule has 0 fully saturated rings. The predicted octanol–water partition coefficient (Wildman–Crippen LogP) is 10.4. The molecule has 1 unspecified atom stereocenters. The molecule has 37 heavy (non-hydrogen) atoms. The van der Waals surface area contributed by atoms with Gasteiger partial charge in [0.15, 0.2) is 5.11 Å². The summed E-state index contributed by atoms with van der Waals surface area (Å²) in [5.41, 5.74) is 0.426. The van der Waals surface area contributed by atoms with E-state index in [9.17, 15) is 4.79 Å². The van der Waals surface area contributed by atoms with Gasteiger partial charge in [0.25, 0.3) is 0 Å². The van der Waals surface area contributed by atoms with Gasteiger partial charge in [0.2, 0.25) is 9.70 Å². The van der Waals surface area contributed by atoms with Gasteiger partial charge >= 0.3 is 0 Å². The van der Waals surface area contributed by atoms with Crippen molar-refractivity contribution in [2.24, 2.45) is 0 Å². The van der Waals surface area contributed by atoms with Crippen LogP contribution in [-0.2, 0) is 4.79 Å². The van der Waals surface area contributed by atoms with Crippen LogP contribution in [0.5, 0.6) is 0 Å². The Bertz CT molecular complexity index is 772. The molecule has 3 N–H and O–H groups in total. The van der Waals surface area contributed by atoms with E-state index in [1.165, 1.54) is 77.0 Å². The van der Waals surface area contributed by atoms with Crippen LogP contribution in [-0.4, -0.2) is 21.0 Å². The Balaban J connectivity index is 2.17. The van der Waals surface area contributed by atoms with Crippen LogP contribution in [0.2, 0.25) is 10.0 Å². The standard InChI is InChI=1S/C27H42Cl5N3OS/c1-2-3-4-5-6-7-8-9-10-11-12-13-14-15-16-20-23(36)33-25(27(30,31)32)35-26(37)34-24-21(28)18-17-19-22(24)29/h17-19,25H,2-16,20H2,1H3,(H,33,36)(H2,34,35,37). The largest absolute Gasteiger partial charge is 0.339 e. The highest BCUT2D eigenvalue weighted by Gasteiger charge is 2.34. The molecule has 0 radical (unpaired) electrons. The molecular formula is C27H42Cl5N3OS. The van der Waals surface area contributed by atoms with Crippen molar-refractivity contribution < 1.29 is 4.79 Å². The smallest absolute Gasteiger partial charge is 0.228 e. The lowest BCUT2D eigenvalue weighted by molar-refractivity contribution is -0.122. The first-order valence-corrected chi connectivity index (χ1v) is 15.8. The zero-order valence-electron chi connectivity index (χ0n) is 21.8. The fourth-order valence-corrected chi connectivity index (χ4v) is 5.03. The second-order valence-corrected chi connectivity index (χ2v) is 13.0. The summed E-state index contributed by atoms with van der Waals surface area (Å²) in [6.45, 7) is 2.26. The average Bonchev–Trinajstić information content (AvgIpc) is 2.83. The van der Waals surface area contributed by atoms with E-state index in [1.807, 2.05) is 0 Å². The van der Waals surface area contributed by atoms with Gasteiger partial charge in [-0.25, -0.2) is 0 Å². The van der Waals surface area contributed by atoms with Crippen LogP contribution in [0.25, 0.3) is 0 Å². The third-order valence-electron chi connectivity index (χ3n) is 6.12. The summed E-state index contributed by atoms with van der Waals surface area (Å²) in [7, 11) is 0. The van der Waals surface area contributed by atoms with Crippen LogP contribution in [0.4, 0.5) is 5.69 Å². The summed E-state index contributed by atoms with van der Waals surface area (Å²) >= 11 is 35.8. The Hall–Kier alpha value is -0.170. The Morgan fingerprint density at radius 3 is 1.65 bits per heavy atom. The number of unbranched alkanes of at least 4 members (excludes halogenated alkanes) is 14. The zero-order chi connectivity index (χ0) is 27.5. The van der Waals surface area contributed by atoms with Crippen molar-refractivity contribution in [3.63, 3.8) is 0 Å². The molecule has 10 heteroatoms. The van der Waals surface area contributed by atoms with Crippen LogP contribution in [0.1, 0.15) is 110 Å². The minimum Gasteiger partial charge on any atom is -0.339 e. The third-order valence-corrected chi connectivity index (χ3v) is 7.62. The number of hydrogen-bond donors (Lipinski definition) is 3. The summed E-state index contributed by atoms with van der Waals surface area (Å²) < 4.78 is -1.82. The first-order chi connectivity index (χ1) is 17.6. The second kappa shape index (κ2) is 20.7. The predicted molar refractivity (Wildman–Crippen MR) is 168 cm³/mol. The summed E-state index contributed by atoms with van der Waals surface area (Å²) in [5, 5.41) is 9.30. The van der Waals surface area contributed by atoms with Gasteiger partial charge in [0.1, 0.15) is 6.17 Å². The molecule has 0 bridgehead atoms. The molecule has 4 nitrogen and oxygen atoms in total. The van der Waals surface area contributed by atoms with Crippen molar-refractivity contribution in [1.82, 2.24) is 10.6 Å². The molecule has 0 saturated heterocycles. The monoisotopic (exact) mass is 631 g/mol. The van der Waals surface area contributed by atoms with Crippen molar-refractivity contribution in [2.45, 2.75) is 120 Å². The van der Waals surface area contributed by atoms with Gasteiger partial charge in [-0.1, -0.05) is 161 Å². The maximum atomic E-state index is 12.4. The van der Waals surface area contributed by atoms with Gasteiger partial charge in [-0.2, -0.15) is 0 Å². The lowest BCUT2D eigenvalue weighted by atomic mass is 10.0. The molecule has 0 spiro atoms. The van der Waals surface area contributed by atoms with E-state index in [0.29, 0.717) is 22.2 Å². The average molecular weight is 634 g/mol. The molecule has 0 aliphatic carbocycles. The van der Waals surface area contributed by atoms with Crippen molar-refractivity contribution >= 4 is 86.9 Å². The molecule has 1 rings (SSSR count). The van der Waals surface area contributed by atoms with Crippen LogP contribution in [0.15, 0.2) is 18.2 Å². The van der Waals surface area contributed by atoms with E-state index in [2.05, 4.69) is 22.9 Å². The number of halogens is 5. The maximum absolute atomic E-state index is 12.4. The molecule has 212 valence electrons. The minimum atomic E-state index is -1.82. The Morgan fingerprint density at radius 1 is 0.784 bits per heavy atom. The van der Waals surface area contributed by atoms with Gasteiger partial charge in [-0.05, 0) is 30.8 Å². The van der Waals surface area contributed by atoms with Crippen molar-refractivity contribution in [1.29, 1.82) is 0 Å². The first-order valence-electron chi connectivity index (χ1n) is 13.5. The van der Waals surface area contributed by atoms with Crippen molar-refractivity contribution in [2.75, 3.05) is 5.32 Å². The number of anilines is 1. The zero-order valence-corrected chi connectivity index (χ0v) is 26.4. The SMILES string of the molecule is CCCCCCCCCCCCCCCCCC(=O)NC(NC(=S)Nc1c(Cl)cccc1Cl)C(Cl)(Cl)Cl. The van der Waals surface area contributed by atoms with Crippen molar-refractivity contribution in [3.05, 3.63) is 28.2 Å². The summed E-state index contributed by atoms with van der Waals surface area (Å²) in [4.78, 5) is 12.4. The Morgan fingerprint density at radius 2 is 1.22 bits per heavy atom. The molecule has 0 aliphatic rings. The molecular weight excluding hydrogens is 592 g/mol. The van der Waals surface area contributed by atoms with E-state index in [-0.39, 0.29) is 11.0 Å². The number of amides is 1. The van der Waals surface area contributed by atoms with E-state index in [0.717, 1.165) is 19.3 Å². The quantitative estimate of drug-likeness (QED) is 0.0614. The summed E-state index contributed by atoms with van der Waals surface area (Å²) in [6.07, 6.45) is 18.4. The number of para-hydroxylation sites is 1. The normalized spacial score (nSPS) is 12.3. The first kappa shape index (κ1) is 34.9. The lowest BCUT2D eigenvalue weighted by Gasteiger charge is -2.28. The van der Waals surface area contributed by atoms with Gasteiger partial charge in [-0.3, -0.25) is 4.79 Å². The number of nitrogens with one attached hydrogen (secondary N) is 3. The molecule has 0 aromatic heterocycles. The number of carbonyl (C=O) groups excluding carboxylic acids is 1. The van der Waals surface area contributed by atoms with Crippen LogP contribution in [0.3, 0.4) is 0 Å². The molecule has 1 atom stereocenters. The fourth-order valence-electron chi connectivity index (χ4n) is 3.99. The van der Waals surface area contributed by atoms with E-state index in [1.54, 1.807) is 18.2 Å². The lowest BCUT2D eigenvalue weighted by Crippen LogP contribution is -2.56.